The summed E-state index contributed by atoms with van der Waals surface area (Å²) in [6.45, 7) is 5.31. The highest BCUT2D eigenvalue weighted by atomic mass is 31.2. The predicted molar refractivity (Wildman–Crippen MR) is 113 cm³/mol. The molecule has 0 aliphatic carbocycles. The SMILES string of the molecule is CCCCOP(=O)(CCCCCCC=Cc1ccccc1)OCCCC. The van der Waals surface area contributed by atoms with Gasteiger partial charge in [0.1, 0.15) is 0 Å². The van der Waals surface area contributed by atoms with Crippen LogP contribution in [0.4, 0.5) is 0 Å². The fourth-order valence-electron chi connectivity index (χ4n) is 2.57. The Kier molecular flexibility index (Phi) is 13.5. The molecule has 0 unspecified atom stereocenters. The van der Waals surface area contributed by atoms with Crippen LogP contribution < -0.4 is 0 Å². The molecule has 1 aromatic rings. The van der Waals surface area contributed by atoms with Crippen molar-refractivity contribution in [3.63, 3.8) is 0 Å². The molecule has 0 saturated carbocycles. The maximum Gasteiger partial charge on any atom is 0.330 e. The van der Waals surface area contributed by atoms with Crippen LogP contribution >= 0.6 is 7.60 Å². The summed E-state index contributed by atoms with van der Waals surface area (Å²) in [5.41, 5.74) is 1.25. The Morgan fingerprint density at radius 3 is 2.08 bits per heavy atom. The van der Waals surface area contributed by atoms with E-state index in [1.165, 1.54) is 12.0 Å². The van der Waals surface area contributed by atoms with E-state index in [4.69, 9.17) is 9.05 Å². The summed E-state index contributed by atoms with van der Waals surface area (Å²) in [6.07, 6.45) is 14.4. The van der Waals surface area contributed by atoms with Gasteiger partial charge in [0.15, 0.2) is 0 Å². The van der Waals surface area contributed by atoms with Gasteiger partial charge in [-0.1, -0.05) is 82.0 Å². The first-order valence-corrected chi connectivity index (χ1v) is 12.0. The van der Waals surface area contributed by atoms with Gasteiger partial charge in [-0.3, -0.25) is 4.57 Å². The predicted octanol–water partition coefficient (Wildman–Crippen LogP) is 7.48. The summed E-state index contributed by atoms with van der Waals surface area (Å²) >= 11 is 0. The average molecular weight is 381 g/mol. The molecule has 0 atom stereocenters. The van der Waals surface area contributed by atoms with Gasteiger partial charge in [-0.15, -0.1) is 0 Å². The van der Waals surface area contributed by atoms with Gasteiger partial charge in [0.2, 0.25) is 0 Å². The first-order chi connectivity index (χ1) is 12.7. The molecule has 0 heterocycles. The third-order valence-corrected chi connectivity index (χ3v) is 6.25. The highest BCUT2D eigenvalue weighted by Gasteiger charge is 2.23. The zero-order valence-corrected chi connectivity index (χ0v) is 17.6. The highest BCUT2D eigenvalue weighted by Crippen LogP contribution is 2.49. The summed E-state index contributed by atoms with van der Waals surface area (Å²) in [7, 11) is -2.89. The fourth-order valence-corrected chi connectivity index (χ4v) is 4.33. The van der Waals surface area contributed by atoms with Gasteiger partial charge >= 0.3 is 7.60 Å². The lowest BCUT2D eigenvalue weighted by atomic mass is 10.1. The van der Waals surface area contributed by atoms with Crippen molar-refractivity contribution in [2.24, 2.45) is 0 Å². The van der Waals surface area contributed by atoms with E-state index in [9.17, 15) is 4.57 Å². The van der Waals surface area contributed by atoms with Crippen LogP contribution in [0.25, 0.3) is 6.08 Å². The minimum absolute atomic E-state index is 0.546. The zero-order valence-electron chi connectivity index (χ0n) is 16.7. The number of benzene rings is 1. The Bertz CT molecular complexity index is 499. The molecule has 1 aromatic carbocycles. The molecule has 0 aliphatic heterocycles. The molecule has 0 N–H and O–H groups in total. The molecule has 148 valence electrons. The van der Waals surface area contributed by atoms with Gasteiger partial charge in [-0.2, -0.15) is 0 Å². The standard InChI is InChI=1S/C22H37O3P/c1-3-5-19-24-26(23,25-20-6-4-2)21-15-10-8-7-9-12-16-22-17-13-11-14-18-22/h11-14,16-18H,3-10,15,19-21H2,1-2H3. The number of rotatable bonds is 16. The summed E-state index contributed by atoms with van der Waals surface area (Å²) in [4.78, 5) is 0. The van der Waals surface area contributed by atoms with E-state index in [-0.39, 0.29) is 0 Å². The highest BCUT2D eigenvalue weighted by molar-refractivity contribution is 7.53. The van der Waals surface area contributed by atoms with E-state index in [1.54, 1.807) is 0 Å². The molecule has 1 rings (SSSR count). The molecule has 3 nitrogen and oxygen atoms in total. The van der Waals surface area contributed by atoms with Gasteiger partial charge in [0.05, 0.1) is 19.4 Å². The molecule has 0 aliphatic rings. The lowest BCUT2D eigenvalue weighted by Crippen LogP contribution is -2.03. The first kappa shape index (κ1) is 23.1. The third-order valence-electron chi connectivity index (χ3n) is 4.23. The Balaban J connectivity index is 2.18. The number of allylic oxidation sites excluding steroid dienone is 1. The van der Waals surface area contributed by atoms with E-state index in [1.807, 2.05) is 6.07 Å². The maximum absolute atomic E-state index is 12.8. The zero-order chi connectivity index (χ0) is 18.9. The summed E-state index contributed by atoms with van der Waals surface area (Å²) in [5, 5.41) is 0. The topological polar surface area (TPSA) is 35.5 Å². The van der Waals surface area contributed by atoms with E-state index < -0.39 is 7.60 Å². The molecule has 0 radical (unpaired) electrons. The Morgan fingerprint density at radius 2 is 1.46 bits per heavy atom. The van der Waals surface area contributed by atoms with Crippen molar-refractivity contribution >= 4 is 13.7 Å². The van der Waals surface area contributed by atoms with Crippen molar-refractivity contribution in [1.29, 1.82) is 0 Å². The molecule has 4 heteroatoms. The second-order valence-corrected chi connectivity index (χ2v) is 8.91. The molecular formula is C22H37O3P. The van der Waals surface area contributed by atoms with Gasteiger partial charge in [-0.25, -0.2) is 0 Å². The van der Waals surface area contributed by atoms with E-state index in [0.29, 0.717) is 19.4 Å². The van der Waals surface area contributed by atoms with Gasteiger partial charge in [0.25, 0.3) is 0 Å². The van der Waals surface area contributed by atoms with Gasteiger partial charge < -0.3 is 9.05 Å². The van der Waals surface area contributed by atoms with Crippen molar-refractivity contribution in [3.8, 4) is 0 Å². The third kappa shape index (κ3) is 11.7. The summed E-state index contributed by atoms with van der Waals surface area (Å²) in [5.74, 6) is 0. The van der Waals surface area contributed by atoms with Gasteiger partial charge in [0, 0.05) is 0 Å². The minimum Gasteiger partial charge on any atom is -0.309 e. The quantitative estimate of drug-likeness (QED) is 0.220. The molecule has 0 saturated heterocycles. The van der Waals surface area contributed by atoms with Crippen molar-refractivity contribution in [3.05, 3.63) is 42.0 Å². The fraction of sp³-hybridized carbons (Fsp3) is 0.636. The monoisotopic (exact) mass is 380 g/mol. The second-order valence-electron chi connectivity index (χ2n) is 6.72. The molecule has 0 amide bonds. The molecule has 0 bridgehead atoms. The van der Waals surface area contributed by atoms with Crippen LogP contribution in [0.5, 0.6) is 0 Å². The van der Waals surface area contributed by atoms with Crippen LogP contribution in [-0.4, -0.2) is 19.4 Å². The normalized spacial score (nSPS) is 12.1. The van der Waals surface area contributed by atoms with Crippen LogP contribution in [0, 0.1) is 0 Å². The summed E-state index contributed by atoms with van der Waals surface area (Å²) in [6, 6.07) is 10.4. The lowest BCUT2D eigenvalue weighted by Gasteiger charge is -2.18. The molecule has 0 spiro atoms. The summed E-state index contributed by atoms with van der Waals surface area (Å²) < 4.78 is 24.1. The number of hydrogen-bond donors (Lipinski definition) is 0. The maximum atomic E-state index is 12.8. The van der Waals surface area contributed by atoms with Crippen molar-refractivity contribution in [2.75, 3.05) is 19.4 Å². The lowest BCUT2D eigenvalue weighted by molar-refractivity contribution is 0.199. The van der Waals surface area contributed by atoms with Crippen molar-refractivity contribution in [2.45, 2.75) is 71.6 Å². The van der Waals surface area contributed by atoms with Crippen LogP contribution in [0.3, 0.4) is 0 Å². The second kappa shape index (κ2) is 15.2. The van der Waals surface area contributed by atoms with E-state index >= 15 is 0 Å². The Morgan fingerprint density at radius 1 is 0.846 bits per heavy atom. The van der Waals surface area contributed by atoms with Crippen LogP contribution in [0.2, 0.25) is 0 Å². The van der Waals surface area contributed by atoms with Crippen LogP contribution in [-0.2, 0) is 13.6 Å². The smallest absolute Gasteiger partial charge is 0.309 e. The number of unbranched alkanes of at least 4 members (excludes halogenated alkanes) is 6. The van der Waals surface area contributed by atoms with Crippen LogP contribution in [0.1, 0.15) is 77.2 Å². The van der Waals surface area contributed by atoms with E-state index in [0.717, 1.165) is 51.4 Å². The number of hydrogen-bond acceptors (Lipinski definition) is 3. The minimum atomic E-state index is -2.89. The molecule has 0 aromatic heterocycles. The van der Waals surface area contributed by atoms with Crippen molar-refractivity contribution < 1.29 is 13.6 Å². The Labute approximate surface area is 160 Å². The Hall–Kier alpha value is -0.890. The largest absolute Gasteiger partial charge is 0.330 e. The van der Waals surface area contributed by atoms with Gasteiger partial charge in [-0.05, 0) is 37.7 Å². The molecular weight excluding hydrogens is 343 g/mol. The first-order valence-electron chi connectivity index (χ1n) is 10.3. The average Bonchev–Trinajstić information content (AvgIpc) is 2.65. The van der Waals surface area contributed by atoms with Crippen molar-refractivity contribution in [1.82, 2.24) is 0 Å². The molecule has 0 fully saturated rings. The van der Waals surface area contributed by atoms with Crippen LogP contribution in [0.15, 0.2) is 36.4 Å². The van der Waals surface area contributed by atoms with E-state index in [2.05, 4.69) is 50.3 Å². The molecule has 26 heavy (non-hydrogen) atoms.